The van der Waals surface area contributed by atoms with Crippen LogP contribution in [-0.4, -0.2) is 134 Å². The van der Waals surface area contributed by atoms with Gasteiger partial charge >= 0.3 is 0 Å². The highest BCUT2D eigenvalue weighted by molar-refractivity contribution is 5.79. The number of carbonyl (C=O) groups excluding carboxylic acids is 1. The minimum atomic E-state index is -0.953. The summed E-state index contributed by atoms with van der Waals surface area (Å²) in [6, 6.07) is 0. The van der Waals surface area contributed by atoms with Gasteiger partial charge in [-0.05, 0) is 68.4 Å². The largest absolute Gasteiger partial charge is 0.394 e. The molecule has 8 aliphatic rings. The van der Waals surface area contributed by atoms with E-state index in [2.05, 4.69) is 20.1 Å². The van der Waals surface area contributed by atoms with Crippen molar-refractivity contribution in [3.05, 3.63) is 24.3 Å². The Bertz CT molecular complexity index is 1310. The number of aliphatic hydroxyl groups excluding tert-OH is 2. The van der Waals surface area contributed by atoms with Crippen LogP contribution in [-0.2, 0) is 47.4 Å². The van der Waals surface area contributed by atoms with E-state index in [0.29, 0.717) is 12.8 Å². The van der Waals surface area contributed by atoms with Crippen molar-refractivity contribution in [2.45, 2.75) is 194 Å². The highest BCUT2D eigenvalue weighted by Gasteiger charge is 2.60. The molecule has 0 saturated carbocycles. The Morgan fingerprint density at radius 2 is 1.45 bits per heavy atom. The molecule has 8 saturated heterocycles. The Hall–Kier alpha value is -1.29. The Kier molecular flexibility index (Phi) is 12.1. The lowest BCUT2D eigenvalue weighted by molar-refractivity contribution is -0.265. The van der Waals surface area contributed by atoms with Crippen LogP contribution in [0.3, 0.4) is 0 Å². The molecule has 0 aromatic carbocycles. The quantitative estimate of drug-likeness (QED) is 0.401. The van der Waals surface area contributed by atoms with Gasteiger partial charge in [0.2, 0.25) is 0 Å². The number of carbonyl (C=O) groups is 1. The molecule has 0 radical (unpaired) electrons. The number of hydrogen-bond donors (Lipinski definition) is 2. The first-order chi connectivity index (χ1) is 25.7. The molecule has 8 heterocycles. The van der Waals surface area contributed by atoms with Gasteiger partial charge < -0.3 is 52.8 Å². The number of fused-ring (bicyclic) bond motifs is 8. The van der Waals surface area contributed by atoms with Crippen LogP contribution < -0.4 is 0 Å². The summed E-state index contributed by atoms with van der Waals surface area (Å²) in [5.74, 6) is 0.0768. The number of ketones is 1. The van der Waals surface area contributed by atoms with Crippen molar-refractivity contribution in [2.24, 2.45) is 11.8 Å². The van der Waals surface area contributed by atoms with Gasteiger partial charge in [0.1, 0.15) is 43.1 Å². The lowest BCUT2D eigenvalue weighted by atomic mass is 9.81. The summed E-state index contributed by atoms with van der Waals surface area (Å²) < 4.78 is 58.5. The molecule has 0 aromatic rings. The molecule has 12 nitrogen and oxygen atoms in total. The third kappa shape index (κ3) is 8.12. The Morgan fingerprint density at radius 1 is 0.736 bits per heavy atom. The smallest absolute Gasteiger partial charge is 0.148 e. The molecule has 0 spiro atoms. The molecule has 2 N–H and O–H groups in total. The number of rotatable bonds is 4. The van der Waals surface area contributed by atoms with Gasteiger partial charge in [-0.2, -0.15) is 0 Å². The van der Waals surface area contributed by atoms with Crippen molar-refractivity contribution in [3.63, 3.8) is 0 Å². The molecule has 298 valence electrons. The second-order valence-electron chi connectivity index (χ2n) is 17.2. The zero-order chi connectivity index (χ0) is 36.8. The first-order valence-electron chi connectivity index (χ1n) is 20.5. The summed E-state index contributed by atoms with van der Waals surface area (Å²) >= 11 is 0. The van der Waals surface area contributed by atoms with Crippen molar-refractivity contribution in [3.8, 4) is 0 Å². The van der Waals surface area contributed by atoms with E-state index < -0.39 is 18.3 Å². The maximum atomic E-state index is 14.0. The van der Waals surface area contributed by atoms with Crippen LogP contribution in [0, 0.1) is 11.8 Å². The highest BCUT2D eigenvalue weighted by Crippen LogP contribution is 2.45. The van der Waals surface area contributed by atoms with Gasteiger partial charge in [0.15, 0.2) is 0 Å². The van der Waals surface area contributed by atoms with Gasteiger partial charge in [-0.3, -0.25) is 4.79 Å². The van der Waals surface area contributed by atoms with E-state index in [1.54, 1.807) is 7.11 Å². The third-order valence-electron chi connectivity index (χ3n) is 13.6. The summed E-state index contributed by atoms with van der Waals surface area (Å²) in [6.07, 6.45) is 6.17. The van der Waals surface area contributed by atoms with E-state index in [9.17, 15) is 15.0 Å². The fraction of sp³-hybridized carbons (Fsp3) is 0.878. The zero-order valence-corrected chi connectivity index (χ0v) is 31.6. The maximum Gasteiger partial charge on any atom is 0.148 e. The van der Waals surface area contributed by atoms with Crippen molar-refractivity contribution < 1.29 is 57.6 Å². The van der Waals surface area contributed by atoms with E-state index in [-0.39, 0.29) is 130 Å². The molecule has 18 atom stereocenters. The minimum absolute atomic E-state index is 0.0307. The molecule has 0 aromatic heterocycles. The fourth-order valence-corrected chi connectivity index (χ4v) is 10.8. The summed E-state index contributed by atoms with van der Waals surface area (Å²) in [5.41, 5.74) is 2.21. The fourth-order valence-electron chi connectivity index (χ4n) is 10.8. The number of methoxy groups -OCH3 is 1. The third-order valence-corrected chi connectivity index (χ3v) is 13.6. The topological polar surface area (TPSA) is 141 Å². The van der Waals surface area contributed by atoms with Gasteiger partial charge in [0.05, 0.1) is 73.8 Å². The van der Waals surface area contributed by atoms with E-state index in [0.717, 1.165) is 63.4 Å². The Balaban J connectivity index is 1.03. The predicted molar refractivity (Wildman–Crippen MR) is 191 cm³/mol. The molecule has 8 fully saturated rings. The molecule has 0 amide bonds. The summed E-state index contributed by atoms with van der Waals surface area (Å²) in [4.78, 5) is 14.0. The predicted octanol–water partition coefficient (Wildman–Crippen LogP) is 4.11. The molecule has 0 aliphatic carbocycles. The van der Waals surface area contributed by atoms with E-state index in [1.807, 2.05) is 0 Å². The monoisotopic (exact) mass is 746 g/mol. The summed E-state index contributed by atoms with van der Waals surface area (Å²) in [6.45, 7) is 10.9. The van der Waals surface area contributed by atoms with Gasteiger partial charge in [0, 0.05) is 38.7 Å². The van der Waals surface area contributed by atoms with Gasteiger partial charge in [-0.1, -0.05) is 32.9 Å². The van der Waals surface area contributed by atoms with Crippen molar-refractivity contribution in [1.29, 1.82) is 0 Å². The second-order valence-corrected chi connectivity index (χ2v) is 17.2. The highest BCUT2D eigenvalue weighted by atomic mass is 16.7. The average molecular weight is 747 g/mol. The molecule has 8 aliphatic heterocycles. The van der Waals surface area contributed by atoms with Crippen molar-refractivity contribution in [1.82, 2.24) is 0 Å². The van der Waals surface area contributed by atoms with Crippen LogP contribution in [0.15, 0.2) is 24.3 Å². The maximum absolute atomic E-state index is 14.0. The number of hydrogen-bond acceptors (Lipinski definition) is 12. The Labute approximate surface area is 314 Å². The summed E-state index contributed by atoms with van der Waals surface area (Å²) in [7, 11) is 1.63. The van der Waals surface area contributed by atoms with Crippen LogP contribution in [0.25, 0.3) is 0 Å². The average Bonchev–Trinajstić information content (AvgIpc) is 3.74. The number of Topliss-reactive ketones (excluding diaryl/α,β-unsaturated/α-hetero) is 1. The van der Waals surface area contributed by atoms with Gasteiger partial charge in [-0.25, -0.2) is 0 Å². The van der Waals surface area contributed by atoms with Crippen molar-refractivity contribution in [2.75, 3.05) is 20.5 Å². The molecule has 12 heteroatoms. The number of ether oxygens (including phenoxy) is 9. The van der Waals surface area contributed by atoms with Crippen LogP contribution in [0.1, 0.15) is 96.8 Å². The standard InChI is InChI=1S/C41H62O12/c1-21-13-27-9-11-30-22(2)14-26(48-30)7-5-6-8-31-37-40-41(52-31)39(47-20-46-37)38-32(53-40)12-10-28(50-38)15-24(43)16-29-34(18-33(49-27)23(21)3)51-35(36(29)45-4)17-25(44)19-42/h21,25-42,44H,2-3,5-20H2,1,4H3/t21-,25+,26+,27+,28-,29+,30+,31-,32+,33-,34+,35-,36-,37+,38+,39?,40+,41+/m1/s1. The van der Waals surface area contributed by atoms with Crippen molar-refractivity contribution >= 4 is 5.78 Å². The second kappa shape index (κ2) is 16.7. The first-order valence-corrected chi connectivity index (χ1v) is 20.5. The molecule has 11 bridgehead atoms. The molecule has 1 unspecified atom stereocenters. The van der Waals surface area contributed by atoms with Crippen LogP contribution in [0.2, 0.25) is 0 Å². The van der Waals surface area contributed by atoms with Crippen LogP contribution >= 0.6 is 0 Å². The molecular weight excluding hydrogens is 684 g/mol. The van der Waals surface area contributed by atoms with Crippen LogP contribution in [0.5, 0.6) is 0 Å². The van der Waals surface area contributed by atoms with Gasteiger partial charge in [-0.15, -0.1) is 0 Å². The molecule has 53 heavy (non-hydrogen) atoms. The zero-order valence-electron chi connectivity index (χ0n) is 31.6. The molecular formula is C41H62O12. The lowest BCUT2D eigenvalue weighted by Crippen LogP contribution is -2.61. The SMILES string of the molecule is C=C1C[C@@H]2CCCC[C@H]3O[C@H]4C5OCO[C@@H]3[C@@H]4O[C@H]3CC[C@H](CC(=O)C[C@@H]4[C@@H](OC)[C@@H](C[C@H](O)CO)O[C@H]4C[C@H]4O[C@@H](CC[C@@H]1O2)C[C@@H](C)C4=C)O[C@H]53. The minimum Gasteiger partial charge on any atom is -0.394 e. The molecule has 8 rings (SSSR count). The van der Waals surface area contributed by atoms with Gasteiger partial charge in [0.25, 0.3) is 0 Å². The van der Waals surface area contributed by atoms with E-state index in [4.69, 9.17) is 42.6 Å². The van der Waals surface area contributed by atoms with E-state index >= 15 is 0 Å². The van der Waals surface area contributed by atoms with Crippen LogP contribution in [0.4, 0.5) is 0 Å². The summed E-state index contributed by atoms with van der Waals surface area (Å²) in [5, 5.41) is 20.1. The van der Waals surface area contributed by atoms with E-state index in [1.165, 1.54) is 5.57 Å². The normalized spacial score (nSPS) is 48.7. The number of aliphatic hydroxyl groups is 2. The lowest BCUT2D eigenvalue weighted by Gasteiger charge is -2.46. The Morgan fingerprint density at radius 3 is 2.26 bits per heavy atom. The first kappa shape index (κ1) is 38.6.